The average Bonchev–Trinajstić information content (AvgIpc) is 2.57. The smallest absolute Gasteiger partial charge is 0.340 e. The quantitative estimate of drug-likeness (QED) is 0.631. The van der Waals surface area contributed by atoms with E-state index in [9.17, 15) is 4.79 Å². The molecule has 2 aromatic rings. The highest BCUT2D eigenvalue weighted by Crippen LogP contribution is 2.23. The van der Waals surface area contributed by atoms with Crippen molar-refractivity contribution in [2.24, 2.45) is 0 Å². The number of nitrogens with one attached hydrogen (secondary N) is 1. The van der Waals surface area contributed by atoms with Gasteiger partial charge in [-0.2, -0.15) is 0 Å². The SMILES string of the molecule is CCOC(=O)/C(=C/Nc1ccccc1Cl)c1ccc(OC)cc1. The van der Waals surface area contributed by atoms with Gasteiger partial charge >= 0.3 is 5.97 Å². The zero-order valence-corrected chi connectivity index (χ0v) is 13.8. The Morgan fingerprint density at radius 3 is 2.48 bits per heavy atom. The van der Waals surface area contributed by atoms with E-state index >= 15 is 0 Å². The van der Waals surface area contributed by atoms with Gasteiger partial charge in [0.05, 0.1) is 30.0 Å². The van der Waals surface area contributed by atoms with Gasteiger partial charge in [-0.3, -0.25) is 0 Å². The summed E-state index contributed by atoms with van der Waals surface area (Å²) in [4.78, 5) is 12.2. The van der Waals surface area contributed by atoms with Crippen molar-refractivity contribution in [3.8, 4) is 5.75 Å². The summed E-state index contributed by atoms with van der Waals surface area (Å²) in [6.45, 7) is 2.07. The Balaban J connectivity index is 2.31. The number of para-hydroxylation sites is 1. The summed E-state index contributed by atoms with van der Waals surface area (Å²) < 4.78 is 10.3. The molecule has 0 atom stereocenters. The topological polar surface area (TPSA) is 47.6 Å². The largest absolute Gasteiger partial charge is 0.497 e. The molecule has 0 aromatic heterocycles. The minimum absolute atomic E-state index is 0.304. The number of hydrogen-bond donors (Lipinski definition) is 1. The third-order valence-electron chi connectivity index (χ3n) is 3.14. The summed E-state index contributed by atoms with van der Waals surface area (Å²) in [6, 6.07) is 14.5. The van der Waals surface area contributed by atoms with Crippen molar-refractivity contribution in [1.82, 2.24) is 0 Å². The number of methoxy groups -OCH3 is 1. The molecule has 120 valence electrons. The number of hydrogen-bond acceptors (Lipinski definition) is 4. The fourth-order valence-electron chi connectivity index (χ4n) is 1.97. The summed E-state index contributed by atoms with van der Waals surface area (Å²) in [7, 11) is 1.59. The van der Waals surface area contributed by atoms with Crippen LogP contribution < -0.4 is 10.1 Å². The molecule has 0 saturated heterocycles. The van der Waals surface area contributed by atoms with Crippen LogP contribution in [-0.2, 0) is 9.53 Å². The number of esters is 1. The molecule has 0 radical (unpaired) electrons. The van der Waals surface area contributed by atoms with Gasteiger partial charge in [0.1, 0.15) is 5.75 Å². The first kappa shape index (κ1) is 16.9. The van der Waals surface area contributed by atoms with Gasteiger partial charge in [0.15, 0.2) is 0 Å². The van der Waals surface area contributed by atoms with E-state index in [0.717, 1.165) is 11.3 Å². The highest BCUT2D eigenvalue weighted by Gasteiger charge is 2.13. The number of ether oxygens (including phenoxy) is 2. The second-order valence-electron chi connectivity index (χ2n) is 4.63. The van der Waals surface area contributed by atoms with Crippen LogP contribution in [-0.4, -0.2) is 19.7 Å². The average molecular weight is 332 g/mol. The maximum Gasteiger partial charge on any atom is 0.340 e. The Morgan fingerprint density at radius 2 is 1.87 bits per heavy atom. The highest BCUT2D eigenvalue weighted by atomic mass is 35.5. The molecule has 23 heavy (non-hydrogen) atoms. The third-order valence-corrected chi connectivity index (χ3v) is 3.47. The summed E-state index contributed by atoms with van der Waals surface area (Å²) in [6.07, 6.45) is 1.60. The number of carbonyl (C=O) groups is 1. The molecule has 0 saturated carbocycles. The molecule has 0 amide bonds. The summed E-state index contributed by atoms with van der Waals surface area (Å²) in [5.74, 6) is 0.313. The molecule has 2 aromatic carbocycles. The highest BCUT2D eigenvalue weighted by molar-refractivity contribution is 6.33. The number of halogens is 1. The van der Waals surface area contributed by atoms with E-state index < -0.39 is 5.97 Å². The van der Waals surface area contributed by atoms with Crippen LogP contribution in [0, 0.1) is 0 Å². The van der Waals surface area contributed by atoms with Crippen LogP contribution >= 0.6 is 11.6 Å². The lowest BCUT2D eigenvalue weighted by Gasteiger charge is -2.10. The van der Waals surface area contributed by atoms with Crippen molar-refractivity contribution in [2.45, 2.75) is 6.92 Å². The van der Waals surface area contributed by atoms with E-state index in [1.807, 2.05) is 18.2 Å². The van der Waals surface area contributed by atoms with Crippen LogP contribution in [0.3, 0.4) is 0 Å². The molecule has 0 aliphatic rings. The van der Waals surface area contributed by atoms with E-state index in [2.05, 4.69) is 5.32 Å². The molecule has 1 N–H and O–H groups in total. The fourth-order valence-corrected chi connectivity index (χ4v) is 2.16. The molecule has 0 unspecified atom stereocenters. The van der Waals surface area contributed by atoms with Gasteiger partial charge in [0.2, 0.25) is 0 Å². The van der Waals surface area contributed by atoms with Gasteiger partial charge in [0, 0.05) is 6.20 Å². The summed E-state index contributed by atoms with van der Waals surface area (Å²) in [5.41, 5.74) is 1.85. The lowest BCUT2D eigenvalue weighted by Crippen LogP contribution is -2.08. The Hall–Kier alpha value is -2.46. The van der Waals surface area contributed by atoms with Gasteiger partial charge in [-0.15, -0.1) is 0 Å². The molecule has 0 spiro atoms. The maximum atomic E-state index is 12.2. The molecule has 0 aliphatic heterocycles. The number of carbonyl (C=O) groups excluding carboxylic acids is 1. The third kappa shape index (κ3) is 4.50. The molecule has 2 rings (SSSR count). The van der Waals surface area contributed by atoms with Crippen molar-refractivity contribution in [1.29, 1.82) is 0 Å². The van der Waals surface area contributed by atoms with Gasteiger partial charge in [-0.05, 0) is 36.8 Å². The Labute approximate surface area is 140 Å². The van der Waals surface area contributed by atoms with Crippen molar-refractivity contribution < 1.29 is 14.3 Å². The predicted molar refractivity (Wildman–Crippen MR) is 92.7 cm³/mol. The lowest BCUT2D eigenvalue weighted by atomic mass is 10.1. The Bertz CT molecular complexity index is 696. The van der Waals surface area contributed by atoms with Gasteiger partial charge < -0.3 is 14.8 Å². The molecule has 0 aliphatic carbocycles. The predicted octanol–water partition coefficient (Wildman–Crippen LogP) is 4.36. The second-order valence-corrected chi connectivity index (χ2v) is 5.04. The normalized spacial score (nSPS) is 11.0. The van der Waals surface area contributed by atoms with Crippen molar-refractivity contribution >= 4 is 28.8 Å². The van der Waals surface area contributed by atoms with E-state index in [4.69, 9.17) is 21.1 Å². The molecular weight excluding hydrogens is 314 g/mol. The van der Waals surface area contributed by atoms with Gasteiger partial charge in [-0.25, -0.2) is 4.79 Å². The zero-order chi connectivity index (χ0) is 16.7. The van der Waals surface area contributed by atoms with Crippen LogP contribution in [0.2, 0.25) is 5.02 Å². The first-order chi connectivity index (χ1) is 11.2. The van der Waals surface area contributed by atoms with Crippen LogP contribution in [0.5, 0.6) is 5.75 Å². The van der Waals surface area contributed by atoms with E-state index in [0.29, 0.717) is 22.9 Å². The van der Waals surface area contributed by atoms with Crippen LogP contribution in [0.4, 0.5) is 5.69 Å². The lowest BCUT2D eigenvalue weighted by molar-refractivity contribution is -0.136. The number of benzene rings is 2. The van der Waals surface area contributed by atoms with Gasteiger partial charge in [0.25, 0.3) is 0 Å². The fraction of sp³-hybridized carbons (Fsp3) is 0.167. The van der Waals surface area contributed by atoms with Crippen molar-refractivity contribution in [3.05, 3.63) is 65.3 Å². The standard InChI is InChI=1S/C18H18ClNO3/c1-3-23-18(21)15(13-8-10-14(22-2)11-9-13)12-20-17-7-5-4-6-16(17)19/h4-12,20H,3H2,1-2H3/b15-12+. The summed E-state index contributed by atoms with van der Waals surface area (Å²) >= 11 is 6.11. The van der Waals surface area contributed by atoms with E-state index in [-0.39, 0.29) is 0 Å². The van der Waals surface area contributed by atoms with Gasteiger partial charge in [-0.1, -0.05) is 35.9 Å². The van der Waals surface area contributed by atoms with Crippen LogP contribution in [0.25, 0.3) is 5.57 Å². The van der Waals surface area contributed by atoms with E-state index in [1.54, 1.807) is 50.6 Å². The minimum atomic E-state index is -0.405. The molecule has 4 nitrogen and oxygen atoms in total. The number of rotatable bonds is 6. The molecule has 0 bridgehead atoms. The molecular formula is C18H18ClNO3. The molecule has 0 fully saturated rings. The minimum Gasteiger partial charge on any atom is -0.497 e. The first-order valence-electron chi connectivity index (χ1n) is 7.18. The molecule has 0 heterocycles. The van der Waals surface area contributed by atoms with Crippen LogP contribution in [0.1, 0.15) is 12.5 Å². The summed E-state index contributed by atoms with van der Waals surface area (Å²) in [5, 5.41) is 3.62. The van der Waals surface area contributed by atoms with Crippen molar-refractivity contribution in [2.75, 3.05) is 19.0 Å². The first-order valence-corrected chi connectivity index (χ1v) is 7.56. The zero-order valence-electron chi connectivity index (χ0n) is 13.0. The maximum absolute atomic E-state index is 12.2. The monoisotopic (exact) mass is 331 g/mol. The number of anilines is 1. The van der Waals surface area contributed by atoms with Crippen LogP contribution in [0.15, 0.2) is 54.7 Å². The Morgan fingerprint density at radius 1 is 1.17 bits per heavy atom. The van der Waals surface area contributed by atoms with E-state index in [1.165, 1.54) is 0 Å². The Kier molecular flexibility index (Phi) is 6.06. The molecule has 5 heteroatoms. The second kappa shape index (κ2) is 8.25. The van der Waals surface area contributed by atoms with Crippen molar-refractivity contribution in [3.63, 3.8) is 0 Å².